The standard InChI is InChI=1S/C17H27NO2/c1-11-7-12(2)9-14(8-11)18-13(3)16-10-15(20-4)5-6-17(16)19/h5-6,10-14,18-19H,7-9H2,1-4H3. The molecule has 3 unspecified atom stereocenters. The minimum absolute atomic E-state index is 0.132. The fourth-order valence-corrected chi connectivity index (χ4v) is 3.53. The predicted octanol–water partition coefficient (Wildman–Crippen LogP) is 3.88. The van der Waals surface area contributed by atoms with Crippen LogP contribution in [0.1, 0.15) is 51.6 Å². The summed E-state index contributed by atoms with van der Waals surface area (Å²) in [6.45, 7) is 6.77. The van der Waals surface area contributed by atoms with E-state index >= 15 is 0 Å². The Hall–Kier alpha value is -1.22. The normalized spacial score (nSPS) is 28.1. The van der Waals surface area contributed by atoms with Gasteiger partial charge in [-0.1, -0.05) is 13.8 Å². The minimum Gasteiger partial charge on any atom is -0.508 e. The molecule has 3 heteroatoms. The Morgan fingerprint density at radius 1 is 1.20 bits per heavy atom. The summed E-state index contributed by atoms with van der Waals surface area (Å²) < 4.78 is 5.25. The number of hydrogen-bond donors (Lipinski definition) is 2. The van der Waals surface area contributed by atoms with E-state index in [0.29, 0.717) is 11.8 Å². The summed E-state index contributed by atoms with van der Waals surface area (Å²) >= 11 is 0. The van der Waals surface area contributed by atoms with Crippen molar-refractivity contribution in [2.24, 2.45) is 11.8 Å². The number of rotatable bonds is 4. The molecular formula is C17H27NO2. The van der Waals surface area contributed by atoms with E-state index in [-0.39, 0.29) is 6.04 Å². The molecule has 1 aliphatic rings. The molecule has 0 bridgehead atoms. The highest BCUT2D eigenvalue weighted by atomic mass is 16.5. The predicted molar refractivity (Wildman–Crippen MR) is 82.2 cm³/mol. The minimum atomic E-state index is 0.132. The van der Waals surface area contributed by atoms with Crippen molar-refractivity contribution in [3.8, 4) is 11.5 Å². The molecule has 20 heavy (non-hydrogen) atoms. The molecule has 1 fully saturated rings. The highest BCUT2D eigenvalue weighted by molar-refractivity contribution is 5.41. The number of methoxy groups -OCH3 is 1. The van der Waals surface area contributed by atoms with Crippen LogP contribution < -0.4 is 10.1 Å². The molecule has 0 amide bonds. The van der Waals surface area contributed by atoms with Gasteiger partial charge < -0.3 is 15.2 Å². The van der Waals surface area contributed by atoms with E-state index in [0.717, 1.165) is 23.1 Å². The third kappa shape index (κ3) is 3.66. The third-order valence-electron chi connectivity index (χ3n) is 4.37. The first-order chi connectivity index (χ1) is 9.49. The van der Waals surface area contributed by atoms with Crippen molar-refractivity contribution in [2.75, 3.05) is 7.11 Å². The SMILES string of the molecule is COc1ccc(O)c(C(C)NC2CC(C)CC(C)C2)c1. The molecular weight excluding hydrogens is 250 g/mol. The van der Waals surface area contributed by atoms with E-state index in [1.54, 1.807) is 19.2 Å². The van der Waals surface area contributed by atoms with Crippen LogP contribution in [0.3, 0.4) is 0 Å². The van der Waals surface area contributed by atoms with Crippen molar-refractivity contribution >= 4 is 0 Å². The summed E-state index contributed by atoms with van der Waals surface area (Å²) in [5.41, 5.74) is 0.912. The number of ether oxygens (including phenoxy) is 1. The third-order valence-corrected chi connectivity index (χ3v) is 4.37. The zero-order valence-corrected chi connectivity index (χ0v) is 13.0. The largest absolute Gasteiger partial charge is 0.508 e. The first-order valence-electron chi connectivity index (χ1n) is 7.62. The Morgan fingerprint density at radius 3 is 2.45 bits per heavy atom. The van der Waals surface area contributed by atoms with Gasteiger partial charge >= 0.3 is 0 Å². The number of nitrogens with one attached hydrogen (secondary N) is 1. The first-order valence-corrected chi connectivity index (χ1v) is 7.62. The highest BCUT2D eigenvalue weighted by Gasteiger charge is 2.25. The first kappa shape index (κ1) is 15.2. The fourth-order valence-electron chi connectivity index (χ4n) is 3.53. The van der Waals surface area contributed by atoms with Gasteiger partial charge in [0.05, 0.1) is 7.11 Å². The number of hydrogen-bond acceptors (Lipinski definition) is 3. The number of aromatic hydroxyl groups is 1. The molecule has 1 saturated carbocycles. The highest BCUT2D eigenvalue weighted by Crippen LogP contribution is 2.32. The van der Waals surface area contributed by atoms with Crippen molar-refractivity contribution in [3.05, 3.63) is 23.8 Å². The Balaban J connectivity index is 2.05. The average Bonchev–Trinajstić information content (AvgIpc) is 2.37. The average molecular weight is 277 g/mol. The van der Waals surface area contributed by atoms with Crippen molar-refractivity contribution in [2.45, 2.75) is 52.1 Å². The Bertz CT molecular complexity index is 437. The lowest BCUT2D eigenvalue weighted by atomic mass is 9.80. The molecule has 1 aromatic carbocycles. The molecule has 0 spiro atoms. The van der Waals surface area contributed by atoms with Gasteiger partial charge in [0.15, 0.2) is 0 Å². The van der Waals surface area contributed by atoms with E-state index in [4.69, 9.17) is 4.74 Å². The molecule has 3 nitrogen and oxygen atoms in total. The van der Waals surface area contributed by atoms with Crippen LogP contribution in [-0.4, -0.2) is 18.3 Å². The van der Waals surface area contributed by atoms with Crippen LogP contribution in [0.15, 0.2) is 18.2 Å². The van der Waals surface area contributed by atoms with E-state index in [1.807, 2.05) is 6.07 Å². The fraction of sp³-hybridized carbons (Fsp3) is 0.647. The maximum atomic E-state index is 10.0. The Morgan fingerprint density at radius 2 is 1.85 bits per heavy atom. The van der Waals surface area contributed by atoms with Gasteiger partial charge in [-0.05, 0) is 56.2 Å². The van der Waals surface area contributed by atoms with Crippen LogP contribution >= 0.6 is 0 Å². The lowest BCUT2D eigenvalue weighted by Crippen LogP contribution is -2.37. The van der Waals surface area contributed by atoms with Gasteiger partial charge in [-0.15, -0.1) is 0 Å². The van der Waals surface area contributed by atoms with Crippen LogP contribution in [0.25, 0.3) is 0 Å². The quantitative estimate of drug-likeness (QED) is 0.877. The Labute approximate surface area is 122 Å². The van der Waals surface area contributed by atoms with E-state index in [9.17, 15) is 5.11 Å². The van der Waals surface area contributed by atoms with Crippen molar-refractivity contribution < 1.29 is 9.84 Å². The van der Waals surface area contributed by atoms with E-state index in [2.05, 4.69) is 26.1 Å². The van der Waals surface area contributed by atoms with Gasteiger partial charge in [0.2, 0.25) is 0 Å². The summed E-state index contributed by atoms with van der Waals surface area (Å²) in [7, 11) is 1.65. The van der Waals surface area contributed by atoms with Crippen molar-refractivity contribution in [3.63, 3.8) is 0 Å². The van der Waals surface area contributed by atoms with Crippen LogP contribution in [0, 0.1) is 11.8 Å². The smallest absolute Gasteiger partial charge is 0.120 e. The van der Waals surface area contributed by atoms with Gasteiger partial charge in [0, 0.05) is 17.6 Å². The molecule has 0 saturated heterocycles. The molecule has 1 aromatic rings. The van der Waals surface area contributed by atoms with Gasteiger partial charge in [0.25, 0.3) is 0 Å². The summed E-state index contributed by atoms with van der Waals surface area (Å²) in [5.74, 6) is 2.68. The lowest BCUT2D eigenvalue weighted by molar-refractivity contribution is 0.227. The van der Waals surface area contributed by atoms with Crippen LogP contribution in [0.4, 0.5) is 0 Å². The number of phenols is 1. The Kier molecular flexibility index (Phi) is 4.92. The molecule has 0 heterocycles. The van der Waals surface area contributed by atoms with Crippen LogP contribution in [0.5, 0.6) is 11.5 Å². The second kappa shape index (κ2) is 6.49. The topological polar surface area (TPSA) is 41.5 Å². The molecule has 1 aliphatic carbocycles. The molecule has 0 aromatic heterocycles. The van der Waals surface area contributed by atoms with Gasteiger partial charge in [0.1, 0.15) is 11.5 Å². The van der Waals surface area contributed by atoms with E-state index < -0.39 is 0 Å². The van der Waals surface area contributed by atoms with Gasteiger partial charge in [-0.2, -0.15) is 0 Å². The summed E-state index contributed by atoms with van der Waals surface area (Å²) in [6, 6.07) is 6.08. The van der Waals surface area contributed by atoms with Crippen molar-refractivity contribution in [1.29, 1.82) is 0 Å². The number of phenolic OH excluding ortho intramolecular Hbond substituents is 1. The zero-order chi connectivity index (χ0) is 14.7. The molecule has 0 radical (unpaired) electrons. The second-order valence-corrected chi connectivity index (χ2v) is 6.43. The molecule has 0 aliphatic heterocycles. The maximum Gasteiger partial charge on any atom is 0.120 e. The molecule has 2 rings (SSSR count). The summed E-state index contributed by atoms with van der Waals surface area (Å²) in [5, 5.41) is 13.7. The van der Waals surface area contributed by atoms with Crippen molar-refractivity contribution in [1.82, 2.24) is 5.32 Å². The molecule has 2 N–H and O–H groups in total. The summed E-state index contributed by atoms with van der Waals surface area (Å²) in [6.07, 6.45) is 3.77. The van der Waals surface area contributed by atoms with Crippen LogP contribution in [-0.2, 0) is 0 Å². The van der Waals surface area contributed by atoms with Gasteiger partial charge in [-0.3, -0.25) is 0 Å². The number of benzene rings is 1. The monoisotopic (exact) mass is 277 g/mol. The zero-order valence-electron chi connectivity index (χ0n) is 13.0. The maximum absolute atomic E-state index is 10.0. The summed E-state index contributed by atoms with van der Waals surface area (Å²) in [4.78, 5) is 0. The second-order valence-electron chi connectivity index (χ2n) is 6.43. The molecule has 3 atom stereocenters. The van der Waals surface area contributed by atoms with Gasteiger partial charge in [-0.25, -0.2) is 0 Å². The molecule has 112 valence electrons. The van der Waals surface area contributed by atoms with Crippen LogP contribution in [0.2, 0.25) is 0 Å². The lowest BCUT2D eigenvalue weighted by Gasteiger charge is -2.34. The van der Waals surface area contributed by atoms with E-state index in [1.165, 1.54) is 19.3 Å².